The Morgan fingerprint density at radius 1 is 1.17 bits per heavy atom. The largest absolute Gasteiger partial charge is 0.493 e. The zero-order valence-electron chi connectivity index (χ0n) is 15.7. The highest BCUT2D eigenvalue weighted by molar-refractivity contribution is 7.20. The second kappa shape index (κ2) is 10.4. The number of hydrazine groups is 1. The number of hydrogen-bond donors (Lipinski definition) is 2. The average molecular weight is 450 g/mol. The maximum Gasteiger partial charge on any atom is 0.244 e. The Morgan fingerprint density at radius 3 is 2.76 bits per heavy atom. The lowest BCUT2D eigenvalue weighted by molar-refractivity contribution is -0.128. The predicted octanol–water partition coefficient (Wildman–Crippen LogP) is 4.38. The van der Waals surface area contributed by atoms with Crippen molar-refractivity contribution in [2.45, 2.75) is 26.2 Å². The third kappa shape index (κ3) is 6.56. The van der Waals surface area contributed by atoms with E-state index in [1.807, 2.05) is 35.9 Å². The summed E-state index contributed by atoms with van der Waals surface area (Å²) in [6, 6.07) is 9.35. The number of hydrogen-bond acceptors (Lipinski definition) is 6. The smallest absolute Gasteiger partial charge is 0.244 e. The van der Waals surface area contributed by atoms with E-state index in [1.54, 1.807) is 23.5 Å². The molecule has 9 heteroatoms. The fraction of sp³-hybridized carbons (Fsp3) is 0.250. The summed E-state index contributed by atoms with van der Waals surface area (Å²) in [6.07, 6.45) is 0.882. The van der Waals surface area contributed by atoms with Gasteiger partial charge in [-0.05, 0) is 48.6 Å². The third-order valence-electron chi connectivity index (χ3n) is 3.91. The number of nitrogens with one attached hydrogen (secondary N) is 2. The topological polar surface area (TPSA) is 80.3 Å². The first-order chi connectivity index (χ1) is 14.0. The van der Waals surface area contributed by atoms with Gasteiger partial charge in [0, 0.05) is 16.8 Å². The van der Waals surface area contributed by atoms with Crippen molar-refractivity contribution < 1.29 is 14.3 Å². The van der Waals surface area contributed by atoms with E-state index in [-0.39, 0.29) is 24.7 Å². The lowest BCUT2D eigenvalue weighted by Crippen LogP contribution is -2.42. The molecule has 0 saturated heterocycles. The molecule has 0 fully saturated rings. The minimum Gasteiger partial charge on any atom is -0.493 e. The van der Waals surface area contributed by atoms with Gasteiger partial charge in [-0.15, -0.1) is 22.7 Å². The van der Waals surface area contributed by atoms with Crippen LogP contribution in [0.15, 0.2) is 41.1 Å². The van der Waals surface area contributed by atoms with Gasteiger partial charge in [0.2, 0.25) is 11.8 Å². The first-order valence-electron chi connectivity index (χ1n) is 8.96. The number of carbonyl (C=O) groups excluding carboxylic acids is 2. The minimum absolute atomic E-state index is 0.112. The van der Waals surface area contributed by atoms with Gasteiger partial charge < -0.3 is 4.74 Å². The number of aryl methyl sites for hydroxylation is 1. The third-order valence-corrected chi connectivity index (χ3v) is 6.07. The van der Waals surface area contributed by atoms with Gasteiger partial charge in [0.1, 0.15) is 10.8 Å². The summed E-state index contributed by atoms with van der Waals surface area (Å²) in [5.41, 5.74) is 6.46. The zero-order valence-corrected chi connectivity index (χ0v) is 18.1. The van der Waals surface area contributed by atoms with Gasteiger partial charge in [-0.25, -0.2) is 4.98 Å². The van der Waals surface area contributed by atoms with E-state index in [4.69, 9.17) is 16.3 Å². The maximum atomic E-state index is 12.0. The van der Waals surface area contributed by atoms with Gasteiger partial charge in [0.15, 0.2) is 0 Å². The molecule has 3 aromatic rings. The van der Waals surface area contributed by atoms with Crippen LogP contribution in [0.25, 0.3) is 9.88 Å². The molecule has 0 aliphatic heterocycles. The molecule has 0 spiro atoms. The van der Waals surface area contributed by atoms with Crippen LogP contribution in [0.1, 0.15) is 24.1 Å². The second-order valence-electron chi connectivity index (χ2n) is 6.26. The van der Waals surface area contributed by atoms with Crippen molar-refractivity contribution >= 4 is 46.1 Å². The molecular weight excluding hydrogens is 430 g/mol. The number of ether oxygens (including phenoxy) is 1. The normalized spacial score (nSPS) is 10.6. The average Bonchev–Trinajstić information content (AvgIpc) is 3.36. The molecule has 3 rings (SSSR count). The van der Waals surface area contributed by atoms with Gasteiger partial charge in [-0.2, -0.15) is 0 Å². The highest BCUT2D eigenvalue weighted by Crippen LogP contribution is 2.27. The van der Waals surface area contributed by atoms with E-state index in [1.165, 1.54) is 11.3 Å². The number of nitrogens with zero attached hydrogens (tertiary/aromatic N) is 1. The fourth-order valence-electron chi connectivity index (χ4n) is 2.50. The van der Waals surface area contributed by atoms with E-state index in [2.05, 4.69) is 15.8 Å². The Kier molecular flexibility index (Phi) is 7.62. The van der Waals surface area contributed by atoms with Crippen molar-refractivity contribution in [1.29, 1.82) is 0 Å². The van der Waals surface area contributed by atoms with E-state index < -0.39 is 0 Å². The highest BCUT2D eigenvalue weighted by atomic mass is 35.5. The Hall–Kier alpha value is -2.42. The SMILES string of the molecule is Cc1cc(Cl)ccc1OCCCC(=O)NNC(=O)Cc1csc(-c2cccs2)n1. The van der Waals surface area contributed by atoms with Crippen LogP contribution >= 0.6 is 34.3 Å². The van der Waals surface area contributed by atoms with Crippen LogP contribution in [0.5, 0.6) is 5.75 Å². The molecule has 0 radical (unpaired) electrons. The zero-order chi connectivity index (χ0) is 20.6. The van der Waals surface area contributed by atoms with Gasteiger partial charge in [0.25, 0.3) is 0 Å². The second-order valence-corrected chi connectivity index (χ2v) is 8.50. The maximum absolute atomic E-state index is 12.0. The highest BCUT2D eigenvalue weighted by Gasteiger charge is 2.10. The molecule has 2 amide bonds. The summed E-state index contributed by atoms with van der Waals surface area (Å²) in [4.78, 5) is 29.4. The van der Waals surface area contributed by atoms with E-state index in [0.717, 1.165) is 21.2 Å². The molecule has 0 saturated carbocycles. The molecular formula is C20H20ClN3O3S2. The Balaban J connectivity index is 1.33. The van der Waals surface area contributed by atoms with Crippen LogP contribution in [0.2, 0.25) is 5.02 Å². The van der Waals surface area contributed by atoms with E-state index in [9.17, 15) is 9.59 Å². The van der Waals surface area contributed by atoms with Crippen molar-refractivity contribution in [3.63, 3.8) is 0 Å². The van der Waals surface area contributed by atoms with Gasteiger partial charge >= 0.3 is 0 Å². The van der Waals surface area contributed by atoms with Crippen LogP contribution in [0, 0.1) is 6.92 Å². The van der Waals surface area contributed by atoms with Crippen molar-refractivity contribution in [2.24, 2.45) is 0 Å². The van der Waals surface area contributed by atoms with Gasteiger partial charge in [0.05, 0.1) is 23.6 Å². The van der Waals surface area contributed by atoms with Crippen LogP contribution in [0.3, 0.4) is 0 Å². The molecule has 1 aromatic carbocycles. The summed E-state index contributed by atoms with van der Waals surface area (Å²) in [5, 5.41) is 5.39. The molecule has 2 heterocycles. The summed E-state index contributed by atoms with van der Waals surface area (Å²) in [7, 11) is 0. The molecule has 0 unspecified atom stereocenters. The Bertz CT molecular complexity index is 973. The summed E-state index contributed by atoms with van der Waals surface area (Å²) in [6.45, 7) is 2.31. The van der Waals surface area contributed by atoms with Crippen LogP contribution in [-0.4, -0.2) is 23.4 Å². The number of benzene rings is 1. The van der Waals surface area contributed by atoms with Crippen molar-refractivity contribution in [3.8, 4) is 15.6 Å². The molecule has 2 N–H and O–H groups in total. The first-order valence-corrected chi connectivity index (χ1v) is 11.1. The number of halogens is 1. The number of aromatic nitrogens is 1. The predicted molar refractivity (Wildman–Crippen MR) is 116 cm³/mol. The standard InChI is InChI=1S/C20H20ClN3O3S2/c1-13-10-14(21)6-7-16(13)27-8-2-5-18(25)23-24-19(26)11-15-12-29-20(22-15)17-4-3-9-28-17/h3-4,6-7,9-10,12H,2,5,8,11H2,1H3,(H,23,25)(H,24,26). The molecule has 6 nitrogen and oxygen atoms in total. The molecule has 29 heavy (non-hydrogen) atoms. The lowest BCUT2D eigenvalue weighted by Gasteiger charge is -2.10. The minimum atomic E-state index is -0.311. The number of carbonyl (C=O) groups is 2. The molecule has 0 bridgehead atoms. The first kappa shape index (κ1) is 21.3. The summed E-state index contributed by atoms with van der Waals surface area (Å²) < 4.78 is 5.65. The molecule has 0 aliphatic rings. The summed E-state index contributed by atoms with van der Waals surface area (Å²) >= 11 is 9.01. The summed E-state index contributed by atoms with van der Waals surface area (Å²) in [5.74, 6) is 0.162. The van der Waals surface area contributed by atoms with Crippen LogP contribution in [0.4, 0.5) is 0 Å². The van der Waals surface area contributed by atoms with Crippen LogP contribution in [-0.2, 0) is 16.0 Å². The van der Waals surface area contributed by atoms with Gasteiger partial charge in [-0.3, -0.25) is 20.4 Å². The number of thiazole rings is 1. The Labute approximate surface area is 181 Å². The van der Waals surface area contributed by atoms with Crippen LogP contribution < -0.4 is 15.6 Å². The number of rotatable bonds is 8. The molecule has 2 aromatic heterocycles. The monoisotopic (exact) mass is 449 g/mol. The Morgan fingerprint density at radius 2 is 2.00 bits per heavy atom. The van der Waals surface area contributed by atoms with E-state index in [0.29, 0.717) is 23.7 Å². The van der Waals surface area contributed by atoms with Crippen molar-refractivity contribution in [1.82, 2.24) is 15.8 Å². The quantitative estimate of drug-likeness (QED) is 0.395. The van der Waals surface area contributed by atoms with E-state index >= 15 is 0 Å². The molecule has 0 aliphatic carbocycles. The molecule has 152 valence electrons. The number of thiophene rings is 1. The van der Waals surface area contributed by atoms with Gasteiger partial charge in [-0.1, -0.05) is 17.7 Å². The lowest BCUT2D eigenvalue weighted by atomic mass is 10.2. The fourth-order valence-corrected chi connectivity index (χ4v) is 4.36. The number of amides is 2. The van der Waals surface area contributed by atoms with Crippen molar-refractivity contribution in [2.75, 3.05) is 6.61 Å². The molecule has 0 atom stereocenters. The van der Waals surface area contributed by atoms with Crippen molar-refractivity contribution in [3.05, 3.63) is 57.4 Å².